The molecule has 0 spiro atoms. The number of ether oxygens (including phenoxy) is 1. The molecule has 0 saturated carbocycles. The Labute approximate surface area is 159 Å². The number of hydrogen-bond acceptors (Lipinski definition) is 5. The number of nitrogens with one attached hydrogen (secondary N) is 1. The molecule has 0 aromatic heterocycles. The van der Waals surface area contributed by atoms with Crippen molar-refractivity contribution in [2.75, 3.05) is 45.7 Å². The molecule has 6 heteroatoms. The van der Waals surface area contributed by atoms with Crippen molar-refractivity contribution in [2.45, 2.75) is 6.54 Å². The van der Waals surface area contributed by atoms with Crippen molar-refractivity contribution in [1.82, 2.24) is 9.80 Å². The van der Waals surface area contributed by atoms with Crippen LogP contribution in [0.5, 0.6) is 0 Å². The average Bonchev–Trinajstić information content (AvgIpc) is 2.70. The van der Waals surface area contributed by atoms with Gasteiger partial charge in [0, 0.05) is 44.0 Å². The largest absolute Gasteiger partial charge is 0.465 e. The van der Waals surface area contributed by atoms with Crippen LogP contribution in [0.15, 0.2) is 48.5 Å². The number of carbonyl (C=O) groups excluding carboxylic acids is 2. The Balaban J connectivity index is 1.56. The Kier molecular flexibility index (Phi) is 6.21. The number of rotatable bonds is 5. The average molecular weight is 367 g/mol. The first kappa shape index (κ1) is 19.1. The van der Waals surface area contributed by atoms with Crippen molar-refractivity contribution in [1.29, 1.82) is 0 Å². The molecule has 0 bridgehead atoms. The molecule has 0 unspecified atom stereocenters. The highest BCUT2D eigenvalue weighted by atomic mass is 16.5. The number of anilines is 1. The topological polar surface area (TPSA) is 61.9 Å². The first-order chi connectivity index (χ1) is 13.0. The zero-order chi connectivity index (χ0) is 19.2. The molecule has 1 amide bonds. The third kappa shape index (κ3) is 5.15. The van der Waals surface area contributed by atoms with Gasteiger partial charge in [0.25, 0.3) is 5.91 Å². The lowest BCUT2D eigenvalue weighted by Gasteiger charge is -2.32. The summed E-state index contributed by atoms with van der Waals surface area (Å²) >= 11 is 0. The molecular weight excluding hydrogens is 342 g/mol. The van der Waals surface area contributed by atoms with E-state index in [1.54, 1.807) is 24.3 Å². The van der Waals surface area contributed by atoms with Crippen LogP contribution in [0.3, 0.4) is 0 Å². The lowest BCUT2D eigenvalue weighted by atomic mass is 10.1. The van der Waals surface area contributed by atoms with Crippen LogP contribution in [0.1, 0.15) is 26.3 Å². The maximum absolute atomic E-state index is 12.4. The quantitative estimate of drug-likeness (QED) is 0.823. The first-order valence-corrected chi connectivity index (χ1v) is 9.05. The van der Waals surface area contributed by atoms with E-state index in [9.17, 15) is 9.59 Å². The summed E-state index contributed by atoms with van der Waals surface area (Å²) in [7, 11) is 3.49. The normalized spacial score (nSPS) is 15.3. The highest BCUT2D eigenvalue weighted by molar-refractivity contribution is 6.04. The second kappa shape index (κ2) is 8.79. The maximum atomic E-state index is 12.4. The molecule has 142 valence electrons. The molecule has 1 heterocycles. The smallest absolute Gasteiger partial charge is 0.337 e. The molecular formula is C21H25N3O3. The minimum Gasteiger partial charge on any atom is -0.465 e. The second-order valence-corrected chi connectivity index (χ2v) is 6.80. The summed E-state index contributed by atoms with van der Waals surface area (Å²) in [5, 5.41) is 2.84. The van der Waals surface area contributed by atoms with Crippen molar-refractivity contribution in [3.8, 4) is 0 Å². The van der Waals surface area contributed by atoms with Gasteiger partial charge in [0.05, 0.1) is 12.7 Å². The second-order valence-electron chi connectivity index (χ2n) is 6.80. The van der Waals surface area contributed by atoms with Crippen LogP contribution in [0, 0.1) is 0 Å². The highest BCUT2D eigenvalue weighted by Gasteiger charge is 2.14. The third-order valence-electron chi connectivity index (χ3n) is 4.78. The van der Waals surface area contributed by atoms with Gasteiger partial charge in [-0.05, 0) is 49.0 Å². The van der Waals surface area contributed by atoms with E-state index < -0.39 is 5.97 Å². The summed E-state index contributed by atoms with van der Waals surface area (Å²) in [6.07, 6.45) is 0. The lowest BCUT2D eigenvalue weighted by Crippen LogP contribution is -2.43. The predicted octanol–water partition coefficient (Wildman–Crippen LogP) is 2.47. The van der Waals surface area contributed by atoms with E-state index in [0.29, 0.717) is 16.8 Å². The van der Waals surface area contributed by atoms with Gasteiger partial charge in [0.2, 0.25) is 0 Å². The lowest BCUT2D eigenvalue weighted by molar-refractivity contribution is 0.0600. The van der Waals surface area contributed by atoms with Gasteiger partial charge in [-0.2, -0.15) is 0 Å². The molecule has 0 atom stereocenters. The van der Waals surface area contributed by atoms with Crippen LogP contribution in [-0.4, -0.2) is 62.0 Å². The number of carbonyl (C=O) groups is 2. The van der Waals surface area contributed by atoms with Crippen LogP contribution in [0.25, 0.3) is 0 Å². The van der Waals surface area contributed by atoms with Crippen molar-refractivity contribution in [3.05, 3.63) is 65.2 Å². The molecule has 27 heavy (non-hydrogen) atoms. The monoisotopic (exact) mass is 367 g/mol. The molecule has 1 N–H and O–H groups in total. The van der Waals surface area contributed by atoms with Crippen LogP contribution in [-0.2, 0) is 11.3 Å². The van der Waals surface area contributed by atoms with Crippen molar-refractivity contribution >= 4 is 17.6 Å². The Morgan fingerprint density at radius 1 is 0.926 bits per heavy atom. The number of likely N-dealkylation sites (N-methyl/N-ethyl adjacent to an activating group) is 1. The van der Waals surface area contributed by atoms with E-state index in [1.165, 1.54) is 12.7 Å². The molecule has 6 nitrogen and oxygen atoms in total. The Bertz CT molecular complexity index is 779. The molecule has 2 aromatic carbocycles. The summed E-state index contributed by atoms with van der Waals surface area (Å²) in [6.45, 7) is 5.23. The summed E-state index contributed by atoms with van der Waals surface area (Å²) in [6, 6.07) is 14.3. The first-order valence-electron chi connectivity index (χ1n) is 9.05. The van der Waals surface area contributed by atoms with Crippen LogP contribution in [0.4, 0.5) is 5.69 Å². The molecule has 2 aromatic rings. The van der Waals surface area contributed by atoms with Gasteiger partial charge in [-0.15, -0.1) is 0 Å². The van der Waals surface area contributed by atoms with Gasteiger partial charge < -0.3 is 15.0 Å². The van der Waals surface area contributed by atoms with Gasteiger partial charge in [0.15, 0.2) is 0 Å². The van der Waals surface area contributed by atoms with E-state index in [4.69, 9.17) is 0 Å². The van der Waals surface area contributed by atoms with Gasteiger partial charge >= 0.3 is 5.97 Å². The fourth-order valence-corrected chi connectivity index (χ4v) is 3.04. The minimum atomic E-state index is -0.399. The molecule has 0 aliphatic carbocycles. The molecule has 3 rings (SSSR count). The number of hydrogen-bond donors (Lipinski definition) is 1. The zero-order valence-corrected chi connectivity index (χ0v) is 15.8. The number of piperazine rings is 1. The number of amides is 1. The zero-order valence-electron chi connectivity index (χ0n) is 15.8. The summed E-state index contributed by atoms with van der Waals surface area (Å²) in [5.74, 6) is -0.573. The number of benzene rings is 2. The Morgan fingerprint density at radius 3 is 2.11 bits per heavy atom. The van der Waals surface area contributed by atoms with E-state index in [1.807, 2.05) is 24.3 Å². The van der Waals surface area contributed by atoms with Gasteiger partial charge in [-0.25, -0.2) is 4.79 Å². The predicted molar refractivity (Wildman–Crippen MR) is 105 cm³/mol. The SMILES string of the molecule is COC(=O)c1ccc(NC(=O)c2ccc(CN3CCN(C)CC3)cc2)cc1. The number of methoxy groups -OCH3 is 1. The molecule has 1 aliphatic rings. The third-order valence-corrected chi connectivity index (χ3v) is 4.78. The molecule has 1 fully saturated rings. The Hall–Kier alpha value is -2.70. The molecule has 1 saturated heterocycles. The summed E-state index contributed by atoms with van der Waals surface area (Å²) < 4.78 is 4.67. The van der Waals surface area contributed by atoms with Crippen LogP contribution < -0.4 is 5.32 Å². The van der Waals surface area contributed by atoms with Crippen molar-refractivity contribution in [2.24, 2.45) is 0 Å². The maximum Gasteiger partial charge on any atom is 0.337 e. The van der Waals surface area contributed by atoms with E-state index in [0.717, 1.165) is 32.7 Å². The summed E-state index contributed by atoms with van der Waals surface area (Å²) in [4.78, 5) is 28.6. The summed E-state index contributed by atoms with van der Waals surface area (Å²) in [5.41, 5.74) is 2.89. The van der Waals surface area contributed by atoms with Crippen molar-refractivity contribution in [3.63, 3.8) is 0 Å². The molecule has 0 radical (unpaired) electrons. The van der Waals surface area contributed by atoms with Gasteiger partial charge in [0.1, 0.15) is 0 Å². The van der Waals surface area contributed by atoms with Crippen LogP contribution in [0.2, 0.25) is 0 Å². The minimum absolute atomic E-state index is 0.174. The van der Waals surface area contributed by atoms with Gasteiger partial charge in [-0.3, -0.25) is 9.69 Å². The van der Waals surface area contributed by atoms with Crippen LogP contribution >= 0.6 is 0 Å². The Morgan fingerprint density at radius 2 is 1.52 bits per heavy atom. The van der Waals surface area contributed by atoms with E-state index >= 15 is 0 Å². The molecule has 1 aliphatic heterocycles. The van der Waals surface area contributed by atoms with Crippen molar-refractivity contribution < 1.29 is 14.3 Å². The fraction of sp³-hybridized carbons (Fsp3) is 0.333. The number of nitrogens with zero attached hydrogens (tertiary/aromatic N) is 2. The van der Waals surface area contributed by atoms with Gasteiger partial charge in [-0.1, -0.05) is 12.1 Å². The fourth-order valence-electron chi connectivity index (χ4n) is 3.04. The highest BCUT2D eigenvalue weighted by Crippen LogP contribution is 2.14. The number of esters is 1. The standard InChI is InChI=1S/C21H25N3O3/c1-23-11-13-24(14-12-23)15-16-3-5-17(6-4-16)20(25)22-19-9-7-18(8-10-19)21(26)27-2/h3-10H,11-15H2,1-2H3,(H,22,25). The van der Waals surface area contributed by atoms with E-state index in [2.05, 4.69) is 26.9 Å². The van der Waals surface area contributed by atoms with E-state index in [-0.39, 0.29) is 5.91 Å².